The first-order valence-corrected chi connectivity index (χ1v) is 8.89. The number of thiophene rings is 1. The van der Waals surface area contributed by atoms with Gasteiger partial charge in [-0.15, -0.1) is 22.7 Å². The van der Waals surface area contributed by atoms with E-state index in [9.17, 15) is 4.79 Å². The zero-order valence-electron chi connectivity index (χ0n) is 11.6. The number of aryl methyl sites for hydroxylation is 1. The van der Waals surface area contributed by atoms with E-state index < -0.39 is 0 Å². The molecule has 0 saturated carbocycles. The summed E-state index contributed by atoms with van der Waals surface area (Å²) in [6.07, 6.45) is 2.13. The van der Waals surface area contributed by atoms with Crippen molar-refractivity contribution in [2.75, 3.05) is 13.1 Å². The number of hydrogen-bond donors (Lipinski definition) is 2. The number of carbonyl (C=O) groups is 1. The van der Waals surface area contributed by atoms with Crippen molar-refractivity contribution in [1.82, 2.24) is 15.6 Å². The van der Waals surface area contributed by atoms with Crippen LogP contribution in [0.2, 0.25) is 4.34 Å². The van der Waals surface area contributed by atoms with Crippen LogP contribution >= 0.6 is 34.3 Å². The van der Waals surface area contributed by atoms with Crippen molar-refractivity contribution in [1.29, 1.82) is 0 Å². The Hall–Kier alpha value is -0.950. The van der Waals surface area contributed by atoms with Gasteiger partial charge < -0.3 is 10.6 Å². The van der Waals surface area contributed by atoms with Gasteiger partial charge >= 0.3 is 0 Å². The summed E-state index contributed by atoms with van der Waals surface area (Å²) in [6, 6.07) is 4.01. The van der Waals surface area contributed by atoms with Crippen LogP contribution in [-0.4, -0.2) is 30.0 Å². The van der Waals surface area contributed by atoms with Crippen LogP contribution in [0.4, 0.5) is 0 Å². The van der Waals surface area contributed by atoms with Crippen LogP contribution in [-0.2, 0) is 0 Å². The summed E-state index contributed by atoms with van der Waals surface area (Å²) >= 11 is 8.87. The third-order valence-corrected chi connectivity index (χ3v) is 5.98. The maximum Gasteiger partial charge on any atom is 0.263 e. The standard InChI is InChI=1S/C14H16ClN3OS2/c1-8-12(13(19)18-9-3-2-6-16-7-9)21-14(17-8)10-4-5-11(15)20-10/h4-5,9,16H,2-3,6-7H2,1H3,(H,18,19)/t9-/m0/s1. The predicted octanol–water partition coefficient (Wildman–Crippen LogP) is 3.32. The third kappa shape index (κ3) is 3.45. The smallest absolute Gasteiger partial charge is 0.263 e. The minimum atomic E-state index is -0.0207. The molecular weight excluding hydrogens is 326 g/mol. The van der Waals surface area contributed by atoms with E-state index in [0.717, 1.165) is 45.8 Å². The van der Waals surface area contributed by atoms with Crippen LogP contribution in [0.1, 0.15) is 28.2 Å². The normalized spacial score (nSPS) is 18.7. The molecule has 21 heavy (non-hydrogen) atoms. The molecule has 7 heteroatoms. The molecule has 1 aliphatic rings. The second-order valence-corrected chi connectivity index (χ2v) is 7.77. The van der Waals surface area contributed by atoms with Gasteiger partial charge in [0.05, 0.1) is 14.9 Å². The number of nitrogens with zero attached hydrogens (tertiary/aromatic N) is 1. The van der Waals surface area contributed by atoms with Crippen molar-refractivity contribution >= 4 is 40.2 Å². The van der Waals surface area contributed by atoms with Gasteiger partial charge in [0.15, 0.2) is 0 Å². The summed E-state index contributed by atoms with van der Waals surface area (Å²) in [7, 11) is 0. The fourth-order valence-corrected chi connectivity index (χ4v) is 4.43. The summed E-state index contributed by atoms with van der Waals surface area (Å²) in [6.45, 7) is 3.76. The van der Waals surface area contributed by atoms with E-state index >= 15 is 0 Å². The molecule has 0 unspecified atom stereocenters. The molecule has 0 radical (unpaired) electrons. The van der Waals surface area contributed by atoms with Gasteiger partial charge in [0.1, 0.15) is 9.88 Å². The zero-order valence-corrected chi connectivity index (χ0v) is 14.0. The molecule has 2 N–H and O–H groups in total. The lowest BCUT2D eigenvalue weighted by molar-refractivity contribution is 0.0934. The molecule has 3 heterocycles. The van der Waals surface area contributed by atoms with Gasteiger partial charge in [-0.2, -0.15) is 0 Å². The molecule has 4 nitrogen and oxygen atoms in total. The number of aromatic nitrogens is 1. The topological polar surface area (TPSA) is 54.0 Å². The molecule has 1 amide bonds. The summed E-state index contributed by atoms with van der Waals surface area (Å²) in [5.74, 6) is -0.0207. The second-order valence-electron chi connectivity index (χ2n) is 5.05. The SMILES string of the molecule is Cc1nc(-c2ccc(Cl)s2)sc1C(=O)N[C@H]1CCCNC1. The fraction of sp³-hybridized carbons (Fsp3) is 0.429. The maximum absolute atomic E-state index is 12.4. The molecule has 2 aromatic rings. The van der Waals surface area contributed by atoms with E-state index in [4.69, 9.17) is 11.6 Å². The minimum absolute atomic E-state index is 0.0207. The average molecular weight is 342 g/mol. The average Bonchev–Trinajstić information content (AvgIpc) is 3.06. The molecule has 0 spiro atoms. The Morgan fingerprint density at radius 1 is 1.48 bits per heavy atom. The summed E-state index contributed by atoms with van der Waals surface area (Å²) in [4.78, 5) is 18.6. The first kappa shape index (κ1) is 15.0. The lowest BCUT2D eigenvalue weighted by atomic mass is 10.1. The first-order chi connectivity index (χ1) is 10.1. The number of halogens is 1. The molecule has 0 aromatic carbocycles. The number of rotatable bonds is 3. The highest BCUT2D eigenvalue weighted by Gasteiger charge is 2.21. The molecule has 1 aliphatic heterocycles. The highest BCUT2D eigenvalue weighted by Crippen LogP contribution is 2.34. The van der Waals surface area contributed by atoms with E-state index in [1.54, 1.807) is 0 Å². The van der Waals surface area contributed by atoms with Gasteiger partial charge in [0.25, 0.3) is 5.91 Å². The van der Waals surface area contributed by atoms with Crippen molar-refractivity contribution in [2.24, 2.45) is 0 Å². The molecular formula is C14H16ClN3OS2. The highest BCUT2D eigenvalue weighted by molar-refractivity contribution is 7.24. The number of hydrogen-bond acceptors (Lipinski definition) is 5. The Kier molecular flexibility index (Phi) is 4.59. The number of nitrogens with one attached hydrogen (secondary N) is 2. The quantitative estimate of drug-likeness (QED) is 0.900. The lowest BCUT2D eigenvalue weighted by Crippen LogP contribution is -2.45. The summed E-state index contributed by atoms with van der Waals surface area (Å²) in [5.41, 5.74) is 0.779. The van der Waals surface area contributed by atoms with Gasteiger partial charge in [-0.25, -0.2) is 4.98 Å². The van der Waals surface area contributed by atoms with Crippen LogP contribution in [0.15, 0.2) is 12.1 Å². The number of thiazole rings is 1. The van der Waals surface area contributed by atoms with E-state index in [2.05, 4.69) is 15.6 Å². The van der Waals surface area contributed by atoms with Gasteiger partial charge in [-0.05, 0) is 38.4 Å². The molecule has 0 aliphatic carbocycles. The van der Waals surface area contributed by atoms with Crippen LogP contribution in [0.3, 0.4) is 0 Å². The van der Waals surface area contributed by atoms with Crippen LogP contribution in [0.25, 0.3) is 9.88 Å². The summed E-state index contributed by atoms with van der Waals surface area (Å²) < 4.78 is 0.733. The van der Waals surface area contributed by atoms with Crippen molar-refractivity contribution in [3.05, 3.63) is 27.0 Å². The van der Waals surface area contributed by atoms with Gasteiger partial charge in [-0.3, -0.25) is 4.79 Å². The fourth-order valence-electron chi connectivity index (χ4n) is 2.37. The summed E-state index contributed by atoms with van der Waals surface area (Å²) in [5, 5.41) is 7.25. The van der Waals surface area contributed by atoms with Crippen molar-refractivity contribution in [2.45, 2.75) is 25.8 Å². The predicted molar refractivity (Wildman–Crippen MR) is 88.5 cm³/mol. The van der Waals surface area contributed by atoms with Crippen molar-refractivity contribution in [3.63, 3.8) is 0 Å². The molecule has 1 fully saturated rings. The van der Waals surface area contributed by atoms with Crippen LogP contribution in [0.5, 0.6) is 0 Å². The van der Waals surface area contributed by atoms with Crippen molar-refractivity contribution < 1.29 is 4.79 Å². The van der Waals surface area contributed by atoms with E-state index in [1.807, 2.05) is 19.1 Å². The zero-order chi connectivity index (χ0) is 14.8. The Labute approximate surface area is 136 Å². The maximum atomic E-state index is 12.4. The lowest BCUT2D eigenvalue weighted by Gasteiger charge is -2.23. The Balaban J connectivity index is 1.75. The monoisotopic (exact) mass is 341 g/mol. The number of piperidine rings is 1. The largest absolute Gasteiger partial charge is 0.347 e. The third-order valence-electron chi connectivity index (χ3n) is 3.42. The van der Waals surface area contributed by atoms with Crippen LogP contribution < -0.4 is 10.6 Å². The molecule has 2 aromatic heterocycles. The van der Waals surface area contributed by atoms with E-state index in [0.29, 0.717) is 4.88 Å². The Morgan fingerprint density at radius 2 is 2.33 bits per heavy atom. The Morgan fingerprint density at radius 3 is 3.00 bits per heavy atom. The van der Waals surface area contributed by atoms with E-state index in [-0.39, 0.29) is 11.9 Å². The van der Waals surface area contributed by atoms with Gasteiger partial charge in [-0.1, -0.05) is 11.6 Å². The minimum Gasteiger partial charge on any atom is -0.347 e. The van der Waals surface area contributed by atoms with E-state index in [1.165, 1.54) is 22.7 Å². The van der Waals surface area contributed by atoms with Crippen LogP contribution in [0, 0.1) is 6.92 Å². The molecule has 112 valence electrons. The molecule has 1 atom stereocenters. The van der Waals surface area contributed by atoms with Gasteiger partial charge in [0, 0.05) is 12.6 Å². The molecule has 0 bridgehead atoms. The molecule has 1 saturated heterocycles. The number of amides is 1. The molecule has 3 rings (SSSR count). The Bertz CT molecular complexity index is 646. The van der Waals surface area contributed by atoms with Gasteiger partial charge in [0.2, 0.25) is 0 Å². The first-order valence-electron chi connectivity index (χ1n) is 6.88. The highest BCUT2D eigenvalue weighted by atomic mass is 35.5. The second kappa shape index (κ2) is 6.44. The van der Waals surface area contributed by atoms with Crippen molar-refractivity contribution in [3.8, 4) is 9.88 Å². The number of carbonyl (C=O) groups excluding carboxylic acids is 1.